The third-order valence-electron chi connectivity index (χ3n) is 3.18. The van der Waals surface area contributed by atoms with E-state index in [-0.39, 0.29) is 5.97 Å². The van der Waals surface area contributed by atoms with Crippen molar-refractivity contribution in [3.8, 4) is 5.75 Å². The summed E-state index contributed by atoms with van der Waals surface area (Å²) in [6.07, 6.45) is 4.51. The van der Waals surface area contributed by atoms with E-state index in [0.717, 1.165) is 31.2 Å². The van der Waals surface area contributed by atoms with E-state index in [1.807, 2.05) is 18.2 Å². The third-order valence-corrected chi connectivity index (χ3v) is 3.18. The fraction of sp³-hybridized carbons (Fsp3) is 0.471. The zero-order valence-electron chi connectivity index (χ0n) is 12.2. The summed E-state index contributed by atoms with van der Waals surface area (Å²) in [5.74, 6) is 0.797. The van der Waals surface area contributed by atoms with Gasteiger partial charge in [-0.3, -0.25) is 0 Å². The summed E-state index contributed by atoms with van der Waals surface area (Å²) in [5.41, 5.74) is 1.57. The molecule has 0 aliphatic rings. The van der Waals surface area contributed by atoms with Gasteiger partial charge in [-0.2, -0.15) is 0 Å². The van der Waals surface area contributed by atoms with Crippen LogP contribution in [-0.4, -0.2) is 5.97 Å². The number of carbonyl (C=O) groups is 1. The molecule has 0 spiro atoms. The first kappa shape index (κ1) is 15.5. The SMILES string of the molecule is C=C(C)C(=O)Oc1ccccc1C(CCC)CCC. The van der Waals surface area contributed by atoms with Crippen LogP contribution in [0.4, 0.5) is 0 Å². The van der Waals surface area contributed by atoms with Gasteiger partial charge in [0.05, 0.1) is 0 Å². The lowest BCUT2D eigenvalue weighted by molar-refractivity contribution is -0.130. The Kier molecular flexibility index (Phi) is 6.34. The largest absolute Gasteiger partial charge is 0.423 e. The lowest BCUT2D eigenvalue weighted by atomic mass is 9.90. The molecule has 0 radical (unpaired) electrons. The van der Waals surface area contributed by atoms with Gasteiger partial charge >= 0.3 is 5.97 Å². The van der Waals surface area contributed by atoms with E-state index >= 15 is 0 Å². The minimum absolute atomic E-state index is 0.348. The van der Waals surface area contributed by atoms with Gasteiger partial charge in [0, 0.05) is 5.57 Å². The van der Waals surface area contributed by atoms with E-state index in [9.17, 15) is 4.79 Å². The number of esters is 1. The molecular weight excluding hydrogens is 236 g/mol. The van der Waals surface area contributed by atoms with Crippen molar-refractivity contribution in [2.45, 2.75) is 52.4 Å². The van der Waals surface area contributed by atoms with E-state index in [0.29, 0.717) is 17.2 Å². The van der Waals surface area contributed by atoms with Crippen molar-refractivity contribution in [1.82, 2.24) is 0 Å². The molecular formula is C17H24O2. The molecule has 0 fully saturated rings. The van der Waals surface area contributed by atoms with Gasteiger partial charge in [0.1, 0.15) is 5.75 Å². The first-order chi connectivity index (χ1) is 9.10. The van der Waals surface area contributed by atoms with Crippen LogP contribution in [0.5, 0.6) is 5.75 Å². The Hall–Kier alpha value is -1.57. The predicted octanol–water partition coefficient (Wildman–Crippen LogP) is 4.85. The number of ether oxygens (including phenoxy) is 1. The predicted molar refractivity (Wildman–Crippen MR) is 79.4 cm³/mol. The minimum atomic E-state index is -0.348. The van der Waals surface area contributed by atoms with Gasteiger partial charge < -0.3 is 4.74 Å². The Morgan fingerprint density at radius 1 is 1.21 bits per heavy atom. The van der Waals surface area contributed by atoms with Crippen LogP contribution in [0.3, 0.4) is 0 Å². The third kappa shape index (κ3) is 4.55. The standard InChI is InChI=1S/C17H24O2/c1-5-9-14(10-6-2)15-11-7-8-12-16(15)19-17(18)13(3)4/h7-8,11-12,14H,3,5-6,9-10H2,1-2,4H3. The zero-order chi connectivity index (χ0) is 14.3. The molecule has 0 atom stereocenters. The molecule has 0 saturated heterocycles. The Bertz CT molecular complexity index is 429. The lowest BCUT2D eigenvalue weighted by Crippen LogP contribution is -2.11. The number of rotatable bonds is 7. The smallest absolute Gasteiger partial charge is 0.338 e. The molecule has 0 N–H and O–H groups in total. The van der Waals surface area contributed by atoms with Gasteiger partial charge in [-0.1, -0.05) is 51.5 Å². The van der Waals surface area contributed by atoms with Gasteiger partial charge in [-0.15, -0.1) is 0 Å². The second-order valence-corrected chi connectivity index (χ2v) is 4.98. The van der Waals surface area contributed by atoms with Crippen LogP contribution in [0, 0.1) is 0 Å². The molecule has 0 amide bonds. The fourth-order valence-corrected chi connectivity index (χ4v) is 2.25. The highest BCUT2D eigenvalue weighted by Gasteiger charge is 2.16. The van der Waals surface area contributed by atoms with Crippen molar-refractivity contribution >= 4 is 5.97 Å². The van der Waals surface area contributed by atoms with Gasteiger partial charge in [-0.05, 0) is 37.3 Å². The highest BCUT2D eigenvalue weighted by molar-refractivity contribution is 5.88. The number of benzene rings is 1. The lowest BCUT2D eigenvalue weighted by Gasteiger charge is -2.19. The summed E-state index contributed by atoms with van der Waals surface area (Å²) in [7, 11) is 0. The molecule has 0 heterocycles. The molecule has 0 unspecified atom stereocenters. The van der Waals surface area contributed by atoms with Crippen molar-refractivity contribution in [3.05, 3.63) is 42.0 Å². The molecule has 0 aromatic heterocycles. The van der Waals surface area contributed by atoms with Crippen molar-refractivity contribution in [2.75, 3.05) is 0 Å². The molecule has 0 aliphatic carbocycles. The number of hydrogen-bond acceptors (Lipinski definition) is 2. The van der Waals surface area contributed by atoms with Crippen LogP contribution in [-0.2, 0) is 4.79 Å². The molecule has 0 aliphatic heterocycles. The second-order valence-electron chi connectivity index (χ2n) is 4.98. The van der Waals surface area contributed by atoms with E-state index < -0.39 is 0 Å². The molecule has 19 heavy (non-hydrogen) atoms. The summed E-state index contributed by atoms with van der Waals surface area (Å²) < 4.78 is 5.44. The van der Waals surface area contributed by atoms with Crippen LogP contribution < -0.4 is 4.74 Å². The maximum Gasteiger partial charge on any atom is 0.338 e. The average Bonchev–Trinajstić information content (AvgIpc) is 2.39. The summed E-state index contributed by atoms with van der Waals surface area (Å²) in [4.78, 5) is 11.7. The summed E-state index contributed by atoms with van der Waals surface area (Å²) >= 11 is 0. The van der Waals surface area contributed by atoms with Crippen LogP contribution in [0.1, 0.15) is 57.9 Å². The van der Waals surface area contributed by atoms with Crippen LogP contribution in [0.2, 0.25) is 0 Å². The van der Waals surface area contributed by atoms with Crippen molar-refractivity contribution < 1.29 is 9.53 Å². The van der Waals surface area contributed by atoms with E-state index in [4.69, 9.17) is 4.74 Å². The first-order valence-corrected chi connectivity index (χ1v) is 7.06. The van der Waals surface area contributed by atoms with Crippen LogP contribution >= 0.6 is 0 Å². The molecule has 2 nitrogen and oxygen atoms in total. The number of hydrogen-bond donors (Lipinski definition) is 0. The van der Waals surface area contributed by atoms with E-state index in [1.165, 1.54) is 0 Å². The van der Waals surface area contributed by atoms with Crippen LogP contribution in [0.25, 0.3) is 0 Å². The molecule has 2 heteroatoms. The van der Waals surface area contributed by atoms with Crippen molar-refractivity contribution in [3.63, 3.8) is 0 Å². The Labute approximate surface area is 116 Å². The highest BCUT2D eigenvalue weighted by Crippen LogP contribution is 2.33. The molecule has 0 saturated carbocycles. The van der Waals surface area contributed by atoms with Gasteiger partial charge in [0.25, 0.3) is 0 Å². The molecule has 1 aromatic carbocycles. The fourth-order valence-electron chi connectivity index (χ4n) is 2.25. The zero-order valence-corrected chi connectivity index (χ0v) is 12.2. The van der Waals surface area contributed by atoms with E-state index in [2.05, 4.69) is 26.5 Å². The second kappa shape index (κ2) is 7.78. The number of carbonyl (C=O) groups excluding carboxylic acids is 1. The number of para-hydroxylation sites is 1. The average molecular weight is 260 g/mol. The summed E-state index contributed by atoms with van der Waals surface area (Å²) in [5, 5.41) is 0. The molecule has 104 valence electrons. The van der Waals surface area contributed by atoms with E-state index in [1.54, 1.807) is 6.92 Å². The first-order valence-electron chi connectivity index (χ1n) is 7.06. The Morgan fingerprint density at radius 2 is 1.79 bits per heavy atom. The summed E-state index contributed by atoms with van der Waals surface area (Å²) in [6, 6.07) is 7.84. The van der Waals surface area contributed by atoms with Gasteiger partial charge in [0.15, 0.2) is 0 Å². The maximum absolute atomic E-state index is 11.7. The van der Waals surface area contributed by atoms with Gasteiger partial charge in [-0.25, -0.2) is 4.79 Å². The van der Waals surface area contributed by atoms with Crippen molar-refractivity contribution in [1.29, 1.82) is 0 Å². The van der Waals surface area contributed by atoms with Crippen molar-refractivity contribution in [2.24, 2.45) is 0 Å². The van der Waals surface area contributed by atoms with Gasteiger partial charge in [0.2, 0.25) is 0 Å². The highest BCUT2D eigenvalue weighted by atomic mass is 16.5. The van der Waals surface area contributed by atoms with Crippen LogP contribution in [0.15, 0.2) is 36.4 Å². The minimum Gasteiger partial charge on any atom is -0.423 e. The normalized spacial score (nSPS) is 10.5. The molecule has 0 bridgehead atoms. The maximum atomic E-state index is 11.7. The Balaban J connectivity index is 2.98. The molecule has 1 aromatic rings. The topological polar surface area (TPSA) is 26.3 Å². The monoisotopic (exact) mass is 260 g/mol. The summed E-state index contributed by atoms with van der Waals surface area (Å²) in [6.45, 7) is 9.66. The Morgan fingerprint density at radius 3 is 2.32 bits per heavy atom. The quantitative estimate of drug-likeness (QED) is 0.398. The molecule has 1 rings (SSSR count).